The number of nitrogens with two attached hydrogens (primary N) is 1. The van der Waals surface area contributed by atoms with Gasteiger partial charge in [-0.05, 0) is 45.6 Å². The molecule has 0 bridgehead atoms. The van der Waals surface area contributed by atoms with Crippen LogP contribution in [0, 0.1) is 0 Å². The lowest BCUT2D eigenvalue weighted by molar-refractivity contribution is -0.134. The number of hydrogen-bond donors (Lipinski definition) is 1. The number of nitrogens with zero attached hydrogens (tertiary/aromatic N) is 2. The van der Waals surface area contributed by atoms with Crippen LogP contribution in [0.2, 0.25) is 0 Å². The zero-order valence-electron chi connectivity index (χ0n) is 12.0. The van der Waals surface area contributed by atoms with Crippen LogP contribution in [-0.2, 0) is 4.79 Å². The monoisotopic (exact) mass is 289 g/mol. The molecule has 2 aliphatic heterocycles. The Labute approximate surface area is 123 Å². The second kappa shape index (κ2) is 8.08. The maximum absolute atomic E-state index is 12.3. The quantitative estimate of drug-likeness (QED) is 0.859. The summed E-state index contributed by atoms with van der Waals surface area (Å²) in [5, 5.41) is 0. The van der Waals surface area contributed by atoms with E-state index >= 15 is 0 Å². The van der Waals surface area contributed by atoms with Gasteiger partial charge in [0.15, 0.2) is 0 Å². The molecule has 2 aliphatic rings. The van der Waals surface area contributed by atoms with E-state index in [2.05, 4.69) is 11.8 Å². The van der Waals surface area contributed by atoms with E-state index in [1.165, 1.54) is 32.1 Å². The average molecular weight is 290 g/mol. The van der Waals surface area contributed by atoms with Crippen molar-refractivity contribution in [2.75, 3.05) is 26.2 Å². The van der Waals surface area contributed by atoms with Gasteiger partial charge in [-0.2, -0.15) is 0 Å². The van der Waals surface area contributed by atoms with Crippen molar-refractivity contribution in [1.29, 1.82) is 0 Å². The molecule has 19 heavy (non-hydrogen) atoms. The summed E-state index contributed by atoms with van der Waals surface area (Å²) in [5.74, 6) is 0.308. The fraction of sp³-hybridized carbons (Fsp3) is 0.929. The highest BCUT2D eigenvalue weighted by Crippen LogP contribution is 2.19. The molecule has 2 unspecified atom stereocenters. The predicted octanol–water partition coefficient (Wildman–Crippen LogP) is 1.62. The minimum atomic E-state index is 0. The number of halogens is 1. The Balaban J connectivity index is 0.00000180. The van der Waals surface area contributed by atoms with Crippen molar-refractivity contribution in [3.63, 3.8) is 0 Å². The van der Waals surface area contributed by atoms with Crippen molar-refractivity contribution in [2.24, 2.45) is 5.73 Å². The third kappa shape index (κ3) is 4.62. The summed E-state index contributed by atoms with van der Waals surface area (Å²) in [5.41, 5.74) is 6.05. The number of rotatable bonds is 3. The lowest BCUT2D eigenvalue weighted by atomic mass is 9.97. The number of likely N-dealkylation sites (tertiary alicyclic amines) is 2. The zero-order chi connectivity index (χ0) is 13.0. The molecule has 2 rings (SSSR count). The van der Waals surface area contributed by atoms with Crippen molar-refractivity contribution in [1.82, 2.24) is 9.80 Å². The molecule has 0 saturated carbocycles. The molecule has 0 aromatic rings. The van der Waals surface area contributed by atoms with E-state index in [0.717, 1.165) is 26.1 Å². The van der Waals surface area contributed by atoms with Crippen LogP contribution in [0.15, 0.2) is 0 Å². The number of hydrogen-bond acceptors (Lipinski definition) is 3. The molecule has 0 aromatic heterocycles. The zero-order valence-corrected chi connectivity index (χ0v) is 12.8. The molecule has 1 amide bonds. The SMILES string of the molecule is CC(N)C1CCCCN1CC(=O)N1CCCCC1.Cl. The molecule has 0 spiro atoms. The van der Waals surface area contributed by atoms with Gasteiger partial charge in [-0.3, -0.25) is 9.69 Å². The van der Waals surface area contributed by atoms with Crippen LogP contribution < -0.4 is 5.73 Å². The Bertz CT molecular complexity index is 280. The summed E-state index contributed by atoms with van der Waals surface area (Å²) < 4.78 is 0. The second-order valence-corrected chi connectivity index (χ2v) is 5.83. The van der Waals surface area contributed by atoms with Crippen molar-refractivity contribution < 1.29 is 4.79 Å². The molecule has 0 radical (unpaired) electrons. The summed E-state index contributed by atoms with van der Waals surface area (Å²) in [6.07, 6.45) is 7.21. The fourth-order valence-corrected chi connectivity index (χ4v) is 3.23. The summed E-state index contributed by atoms with van der Waals surface area (Å²) in [6, 6.07) is 0.562. The van der Waals surface area contributed by atoms with Gasteiger partial charge < -0.3 is 10.6 Å². The van der Waals surface area contributed by atoms with Crippen LogP contribution in [0.4, 0.5) is 0 Å². The number of carbonyl (C=O) groups is 1. The number of carbonyl (C=O) groups excluding carboxylic acids is 1. The summed E-state index contributed by atoms with van der Waals surface area (Å²) in [4.78, 5) is 16.6. The highest BCUT2D eigenvalue weighted by atomic mass is 35.5. The normalized spacial score (nSPS) is 26.6. The summed E-state index contributed by atoms with van der Waals surface area (Å²) in [7, 11) is 0. The molecule has 5 heteroatoms. The van der Waals surface area contributed by atoms with Gasteiger partial charge in [-0.1, -0.05) is 6.42 Å². The largest absolute Gasteiger partial charge is 0.342 e. The van der Waals surface area contributed by atoms with E-state index in [9.17, 15) is 4.79 Å². The smallest absolute Gasteiger partial charge is 0.236 e. The first-order valence-electron chi connectivity index (χ1n) is 7.46. The van der Waals surface area contributed by atoms with Gasteiger partial charge in [-0.15, -0.1) is 12.4 Å². The molecule has 2 heterocycles. The Kier molecular flexibility index (Phi) is 7.11. The van der Waals surface area contributed by atoms with Crippen LogP contribution in [0.5, 0.6) is 0 Å². The predicted molar refractivity (Wildman–Crippen MR) is 80.5 cm³/mol. The Morgan fingerprint density at radius 1 is 1.16 bits per heavy atom. The van der Waals surface area contributed by atoms with E-state index in [1.54, 1.807) is 0 Å². The van der Waals surface area contributed by atoms with Crippen molar-refractivity contribution >= 4 is 18.3 Å². The topological polar surface area (TPSA) is 49.6 Å². The molecule has 2 saturated heterocycles. The lowest BCUT2D eigenvalue weighted by Gasteiger charge is -2.39. The van der Waals surface area contributed by atoms with Crippen LogP contribution in [0.25, 0.3) is 0 Å². The lowest BCUT2D eigenvalue weighted by Crippen LogP contribution is -2.53. The third-order valence-corrected chi connectivity index (χ3v) is 4.32. The number of piperidine rings is 2. The Hall–Kier alpha value is -0.320. The van der Waals surface area contributed by atoms with Gasteiger partial charge >= 0.3 is 0 Å². The van der Waals surface area contributed by atoms with E-state index in [4.69, 9.17) is 5.73 Å². The highest BCUT2D eigenvalue weighted by molar-refractivity contribution is 5.85. The molecule has 2 N–H and O–H groups in total. The molecule has 2 fully saturated rings. The van der Waals surface area contributed by atoms with E-state index in [1.807, 2.05) is 4.90 Å². The minimum Gasteiger partial charge on any atom is -0.342 e. The Morgan fingerprint density at radius 3 is 2.42 bits per heavy atom. The first kappa shape index (κ1) is 16.7. The van der Waals surface area contributed by atoms with Gasteiger partial charge in [0.25, 0.3) is 0 Å². The average Bonchev–Trinajstić information content (AvgIpc) is 2.40. The van der Waals surface area contributed by atoms with Gasteiger partial charge in [0, 0.05) is 25.2 Å². The maximum atomic E-state index is 12.3. The third-order valence-electron chi connectivity index (χ3n) is 4.32. The molecule has 2 atom stereocenters. The van der Waals surface area contributed by atoms with Crippen molar-refractivity contribution in [3.8, 4) is 0 Å². The van der Waals surface area contributed by atoms with Crippen LogP contribution in [-0.4, -0.2) is 54.0 Å². The summed E-state index contributed by atoms with van der Waals surface area (Å²) in [6.45, 7) is 5.58. The molecule has 112 valence electrons. The molecule has 0 aliphatic carbocycles. The van der Waals surface area contributed by atoms with Crippen molar-refractivity contribution in [3.05, 3.63) is 0 Å². The van der Waals surface area contributed by atoms with E-state index in [0.29, 0.717) is 18.5 Å². The van der Waals surface area contributed by atoms with E-state index < -0.39 is 0 Å². The highest BCUT2D eigenvalue weighted by Gasteiger charge is 2.28. The number of amides is 1. The van der Waals surface area contributed by atoms with Gasteiger partial charge in [0.05, 0.1) is 6.54 Å². The molecule has 4 nitrogen and oxygen atoms in total. The van der Waals surface area contributed by atoms with Gasteiger partial charge in [-0.25, -0.2) is 0 Å². The first-order valence-corrected chi connectivity index (χ1v) is 7.46. The van der Waals surface area contributed by atoms with Gasteiger partial charge in [0.1, 0.15) is 0 Å². The van der Waals surface area contributed by atoms with Crippen LogP contribution in [0.3, 0.4) is 0 Å². The second-order valence-electron chi connectivity index (χ2n) is 5.83. The van der Waals surface area contributed by atoms with Crippen LogP contribution in [0.1, 0.15) is 45.4 Å². The fourth-order valence-electron chi connectivity index (χ4n) is 3.23. The molecule has 0 aromatic carbocycles. The molecular weight excluding hydrogens is 262 g/mol. The summed E-state index contributed by atoms with van der Waals surface area (Å²) >= 11 is 0. The first-order chi connectivity index (χ1) is 8.68. The van der Waals surface area contributed by atoms with Crippen molar-refractivity contribution in [2.45, 2.75) is 57.5 Å². The van der Waals surface area contributed by atoms with Crippen LogP contribution >= 0.6 is 12.4 Å². The van der Waals surface area contributed by atoms with Gasteiger partial charge in [0.2, 0.25) is 5.91 Å². The van der Waals surface area contributed by atoms with E-state index in [-0.39, 0.29) is 18.4 Å². The maximum Gasteiger partial charge on any atom is 0.236 e. The standard InChI is InChI=1S/C14H27N3O.ClH/c1-12(15)13-7-3-6-10-17(13)11-14(18)16-8-4-2-5-9-16;/h12-13H,2-11,15H2,1H3;1H. The Morgan fingerprint density at radius 2 is 1.79 bits per heavy atom. The molecular formula is C14H28ClN3O. The minimum absolute atomic E-state index is 0.